The van der Waals surface area contributed by atoms with Crippen molar-refractivity contribution in [3.8, 4) is 0 Å². The first-order valence-electron chi connectivity index (χ1n) is 10.1. The number of nitrogens with zero attached hydrogens (tertiary/aromatic N) is 2. The van der Waals surface area contributed by atoms with Crippen LogP contribution in [0.15, 0.2) is 18.2 Å². The number of anilines is 1. The third-order valence-electron chi connectivity index (χ3n) is 6.43. The molecule has 7 nitrogen and oxygen atoms in total. The number of pyridine rings is 1. The first kappa shape index (κ1) is 26.6. The standard InChI is InChI=1S/C21H32N4O3.2ClH/c1-5-28-16-12-21(22,20(16,3)4)19(27)25-11-7-9-15(13-25)18(26)24-17-10-6-8-14(2)23-17;;/h6,8,10,15-16H,5,7,9,11-13,22H2,1-4H3,(H,23,24,26);2*1H. The number of halogens is 2. The van der Waals surface area contributed by atoms with Gasteiger partial charge in [0.05, 0.1) is 12.0 Å². The van der Waals surface area contributed by atoms with Gasteiger partial charge in [0.25, 0.3) is 0 Å². The monoisotopic (exact) mass is 460 g/mol. The highest BCUT2D eigenvalue weighted by molar-refractivity contribution is 5.93. The number of hydrogen-bond acceptors (Lipinski definition) is 5. The average molecular weight is 461 g/mol. The molecule has 2 aliphatic rings. The number of ether oxygens (including phenoxy) is 1. The Labute approximate surface area is 191 Å². The lowest BCUT2D eigenvalue weighted by molar-refractivity contribution is -0.180. The molecule has 2 heterocycles. The van der Waals surface area contributed by atoms with Crippen LogP contribution in [0.25, 0.3) is 0 Å². The molecule has 9 heteroatoms. The summed E-state index contributed by atoms with van der Waals surface area (Å²) >= 11 is 0. The number of aryl methyl sites for hydroxylation is 1. The second-order valence-corrected chi connectivity index (χ2v) is 8.58. The fourth-order valence-corrected chi connectivity index (χ4v) is 4.30. The van der Waals surface area contributed by atoms with E-state index in [0.717, 1.165) is 18.5 Å². The van der Waals surface area contributed by atoms with E-state index in [0.29, 0.717) is 31.9 Å². The normalized spacial score (nSPS) is 27.2. The molecule has 3 unspecified atom stereocenters. The summed E-state index contributed by atoms with van der Waals surface area (Å²) < 4.78 is 5.74. The molecule has 3 atom stereocenters. The summed E-state index contributed by atoms with van der Waals surface area (Å²) in [7, 11) is 0. The summed E-state index contributed by atoms with van der Waals surface area (Å²) in [5.74, 6) is 0.124. The lowest BCUT2D eigenvalue weighted by Crippen LogP contribution is -2.76. The van der Waals surface area contributed by atoms with Gasteiger partial charge in [0.1, 0.15) is 11.4 Å². The maximum atomic E-state index is 13.2. The van der Waals surface area contributed by atoms with Crippen LogP contribution < -0.4 is 11.1 Å². The molecule has 3 rings (SSSR count). The van der Waals surface area contributed by atoms with Crippen LogP contribution in [-0.4, -0.2) is 53.0 Å². The molecule has 1 saturated heterocycles. The van der Waals surface area contributed by atoms with Crippen molar-refractivity contribution in [2.24, 2.45) is 17.1 Å². The minimum atomic E-state index is -0.941. The first-order chi connectivity index (χ1) is 13.2. The summed E-state index contributed by atoms with van der Waals surface area (Å²) in [6.07, 6.45) is 2.05. The Morgan fingerprint density at radius 3 is 2.63 bits per heavy atom. The van der Waals surface area contributed by atoms with Crippen LogP contribution in [0.1, 0.15) is 45.7 Å². The van der Waals surface area contributed by atoms with Crippen molar-refractivity contribution >= 4 is 42.4 Å². The molecular weight excluding hydrogens is 427 g/mol. The fourth-order valence-electron chi connectivity index (χ4n) is 4.30. The smallest absolute Gasteiger partial charge is 0.243 e. The molecule has 3 N–H and O–H groups in total. The number of piperidine rings is 1. The SMILES string of the molecule is CCOC1CC(N)(C(=O)N2CCCC(C(=O)Nc3cccc(C)n3)C2)C1(C)C.Cl.Cl. The topological polar surface area (TPSA) is 97.5 Å². The van der Waals surface area contributed by atoms with Crippen LogP contribution >= 0.6 is 24.8 Å². The van der Waals surface area contributed by atoms with E-state index in [2.05, 4.69) is 10.3 Å². The van der Waals surface area contributed by atoms with Gasteiger partial charge < -0.3 is 20.7 Å². The van der Waals surface area contributed by atoms with Gasteiger partial charge in [-0.1, -0.05) is 19.9 Å². The van der Waals surface area contributed by atoms with E-state index >= 15 is 0 Å². The molecule has 1 aliphatic heterocycles. The molecule has 1 saturated carbocycles. The van der Waals surface area contributed by atoms with Crippen molar-refractivity contribution in [2.45, 2.75) is 58.6 Å². The van der Waals surface area contributed by atoms with Crippen LogP contribution in [0.5, 0.6) is 0 Å². The van der Waals surface area contributed by atoms with Crippen LogP contribution in [0.2, 0.25) is 0 Å². The van der Waals surface area contributed by atoms with Crippen LogP contribution in [0.3, 0.4) is 0 Å². The Kier molecular flexibility index (Phi) is 9.11. The maximum Gasteiger partial charge on any atom is 0.243 e. The average Bonchev–Trinajstić information content (AvgIpc) is 2.67. The Morgan fingerprint density at radius 1 is 1.33 bits per heavy atom. The molecule has 0 radical (unpaired) electrons. The van der Waals surface area contributed by atoms with Gasteiger partial charge in [0, 0.05) is 37.2 Å². The van der Waals surface area contributed by atoms with Gasteiger partial charge in [-0.05, 0) is 38.8 Å². The van der Waals surface area contributed by atoms with E-state index in [9.17, 15) is 9.59 Å². The van der Waals surface area contributed by atoms with Gasteiger partial charge in [-0.15, -0.1) is 24.8 Å². The number of aromatic nitrogens is 1. The predicted octanol–water partition coefficient (Wildman–Crippen LogP) is 2.94. The van der Waals surface area contributed by atoms with Crippen LogP contribution in [0, 0.1) is 18.3 Å². The predicted molar refractivity (Wildman–Crippen MR) is 122 cm³/mol. The number of hydrogen-bond donors (Lipinski definition) is 2. The molecule has 1 aromatic heterocycles. The van der Waals surface area contributed by atoms with Crippen molar-refractivity contribution in [3.05, 3.63) is 23.9 Å². The van der Waals surface area contributed by atoms with Crippen molar-refractivity contribution in [1.82, 2.24) is 9.88 Å². The minimum absolute atomic E-state index is 0. The number of rotatable bonds is 5. The second kappa shape index (κ2) is 10.3. The van der Waals surface area contributed by atoms with Gasteiger partial charge in [0.15, 0.2) is 0 Å². The summed E-state index contributed by atoms with van der Waals surface area (Å²) in [5.41, 5.74) is 6.03. The van der Waals surface area contributed by atoms with Gasteiger partial charge >= 0.3 is 0 Å². The van der Waals surface area contributed by atoms with E-state index in [1.165, 1.54) is 0 Å². The number of carbonyl (C=O) groups is 2. The van der Waals surface area contributed by atoms with Gasteiger partial charge in [-0.3, -0.25) is 9.59 Å². The zero-order valence-electron chi connectivity index (χ0n) is 18.1. The summed E-state index contributed by atoms with van der Waals surface area (Å²) in [4.78, 5) is 32.0. The van der Waals surface area contributed by atoms with Crippen LogP contribution in [-0.2, 0) is 14.3 Å². The highest BCUT2D eigenvalue weighted by Gasteiger charge is 2.63. The molecule has 2 fully saturated rings. The van der Waals surface area contributed by atoms with Gasteiger partial charge in [-0.2, -0.15) is 0 Å². The van der Waals surface area contributed by atoms with Crippen molar-refractivity contribution in [1.29, 1.82) is 0 Å². The van der Waals surface area contributed by atoms with E-state index in [1.54, 1.807) is 11.0 Å². The third kappa shape index (κ3) is 4.90. The molecule has 0 bridgehead atoms. The largest absolute Gasteiger partial charge is 0.378 e. The van der Waals surface area contributed by atoms with E-state index in [4.69, 9.17) is 10.5 Å². The highest BCUT2D eigenvalue weighted by Crippen LogP contribution is 2.50. The van der Waals surface area contributed by atoms with Crippen molar-refractivity contribution < 1.29 is 14.3 Å². The lowest BCUT2D eigenvalue weighted by Gasteiger charge is -2.59. The number of carbonyl (C=O) groups excluding carboxylic acids is 2. The second-order valence-electron chi connectivity index (χ2n) is 8.58. The zero-order chi connectivity index (χ0) is 20.5. The molecule has 1 aliphatic carbocycles. The molecule has 170 valence electrons. The Hall–Kier alpha value is -1.41. The first-order valence-corrected chi connectivity index (χ1v) is 10.1. The Balaban J connectivity index is 0.00000225. The quantitative estimate of drug-likeness (QED) is 0.703. The van der Waals surface area contributed by atoms with Gasteiger partial charge in [0.2, 0.25) is 11.8 Å². The molecular formula is C21H34Cl2N4O3. The summed E-state index contributed by atoms with van der Waals surface area (Å²) in [5, 5.41) is 2.88. The summed E-state index contributed by atoms with van der Waals surface area (Å²) in [6.45, 7) is 9.46. The van der Waals surface area contributed by atoms with Crippen molar-refractivity contribution in [3.63, 3.8) is 0 Å². The third-order valence-corrected chi connectivity index (χ3v) is 6.43. The molecule has 30 heavy (non-hydrogen) atoms. The number of amides is 2. The molecule has 2 amide bonds. The highest BCUT2D eigenvalue weighted by atomic mass is 35.5. The Morgan fingerprint density at radius 2 is 2.03 bits per heavy atom. The maximum absolute atomic E-state index is 13.2. The molecule has 1 aromatic rings. The number of nitrogens with one attached hydrogen (secondary N) is 1. The van der Waals surface area contributed by atoms with Crippen LogP contribution in [0.4, 0.5) is 5.82 Å². The zero-order valence-corrected chi connectivity index (χ0v) is 19.8. The van der Waals surface area contributed by atoms with Crippen molar-refractivity contribution in [2.75, 3.05) is 25.0 Å². The van der Waals surface area contributed by atoms with E-state index in [-0.39, 0.29) is 48.7 Å². The molecule has 0 spiro atoms. The molecule has 0 aromatic carbocycles. The van der Waals surface area contributed by atoms with E-state index < -0.39 is 11.0 Å². The lowest BCUT2D eigenvalue weighted by atomic mass is 9.54. The summed E-state index contributed by atoms with van der Waals surface area (Å²) in [6, 6.07) is 5.52. The number of likely N-dealkylation sites (tertiary alicyclic amines) is 1. The Bertz CT molecular complexity index is 762. The fraction of sp³-hybridized carbons (Fsp3) is 0.667. The van der Waals surface area contributed by atoms with Gasteiger partial charge in [-0.25, -0.2) is 4.98 Å². The number of nitrogens with two attached hydrogens (primary N) is 1. The van der Waals surface area contributed by atoms with E-state index in [1.807, 2.05) is 39.8 Å². The minimum Gasteiger partial charge on any atom is -0.378 e.